The van der Waals surface area contributed by atoms with Crippen LogP contribution in [0, 0.1) is 0 Å². The van der Waals surface area contributed by atoms with E-state index in [-0.39, 0.29) is 0 Å². The zero-order chi connectivity index (χ0) is 25.5. The quantitative estimate of drug-likeness (QED) is 0.236. The molecule has 184 valence electrons. The fourth-order valence-electron chi connectivity index (χ4n) is 5.39. The molecular formula is C34H32N2O. The summed E-state index contributed by atoms with van der Waals surface area (Å²) >= 11 is 0. The molecule has 0 spiro atoms. The van der Waals surface area contributed by atoms with E-state index in [0.29, 0.717) is 11.8 Å². The van der Waals surface area contributed by atoms with Crippen LogP contribution in [0.2, 0.25) is 0 Å². The maximum Gasteiger partial charge on any atom is 0.149 e. The maximum atomic E-state index is 6.17. The molecule has 0 bridgehead atoms. The first-order chi connectivity index (χ1) is 18.0. The summed E-state index contributed by atoms with van der Waals surface area (Å²) in [4.78, 5) is 5.18. The molecule has 0 atom stereocenters. The first-order valence-electron chi connectivity index (χ1n) is 13.2. The van der Waals surface area contributed by atoms with Gasteiger partial charge in [-0.05, 0) is 58.7 Å². The van der Waals surface area contributed by atoms with E-state index >= 15 is 0 Å². The zero-order valence-corrected chi connectivity index (χ0v) is 21.9. The van der Waals surface area contributed by atoms with Crippen LogP contribution in [-0.2, 0) is 6.42 Å². The van der Waals surface area contributed by atoms with Gasteiger partial charge in [0, 0.05) is 5.39 Å². The third kappa shape index (κ3) is 4.15. The second kappa shape index (κ2) is 9.40. The van der Waals surface area contributed by atoms with Crippen molar-refractivity contribution in [2.45, 2.75) is 46.0 Å². The summed E-state index contributed by atoms with van der Waals surface area (Å²) in [6, 6.07) is 32.3. The van der Waals surface area contributed by atoms with E-state index in [1.165, 1.54) is 27.9 Å². The van der Waals surface area contributed by atoms with Crippen LogP contribution in [0.1, 0.15) is 61.8 Å². The van der Waals surface area contributed by atoms with Crippen molar-refractivity contribution in [1.29, 1.82) is 0 Å². The van der Waals surface area contributed by atoms with Gasteiger partial charge in [0.2, 0.25) is 0 Å². The minimum absolute atomic E-state index is 0.379. The number of nitrogens with zero attached hydrogens (tertiary/aromatic N) is 2. The Morgan fingerprint density at radius 1 is 0.730 bits per heavy atom. The molecule has 2 heterocycles. The van der Waals surface area contributed by atoms with Gasteiger partial charge in [-0.3, -0.25) is 4.57 Å². The standard InChI is InChI=1S/C34H32N2O/c1-22(2)26-13-10-14-27(23(3)4)33(26)36-31-16-9-8-15-30(31)35-34(36)29-21-37-32-20-25(17-18-28(29)32)19-24-11-6-5-7-12-24/h5-18,20-23H,19H2,1-4H3. The average molecular weight is 485 g/mol. The minimum Gasteiger partial charge on any atom is -0.464 e. The van der Waals surface area contributed by atoms with Gasteiger partial charge < -0.3 is 4.42 Å². The van der Waals surface area contributed by atoms with Crippen molar-refractivity contribution in [2.24, 2.45) is 0 Å². The maximum absolute atomic E-state index is 6.17. The Morgan fingerprint density at radius 2 is 1.43 bits per heavy atom. The number of furan rings is 1. The molecular weight excluding hydrogens is 452 g/mol. The van der Waals surface area contributed by atoms with Crippen LogP contribution in [0.5, 0.6) is 0 Å². The summed E-state index contributed by atoms with van der Waals surface area (Å²) in [6.45, 7) is 9.07. The van der Waals surface area contributed by atoms with Gasteiger partial charge in [0.15, 0.2) is 0 Å². The number of imidazole rings is 1. The van der Waals surface area contributed by atoms with Gasteiger partial charge >= 0.3 is 0 Å². The lowest BCUT2D eigenvalue weighted by atomic mass is 9.92. The van der Waals surface area contributed by atoms with Crippen LogP contribution >= 0.6 is 0 Å². The van der Waals surface area contributed by atoms with Gasteiger partial charge in [-0.15, -0.1) is 0 Å². The van der Waals surface area contributed by atoms with E-state index < -0.39 is 0 Å². The van der Waals surface area contributed by atoms with Gasteiger partial charge in [0.1, 0.15) is 17.7 Å². The Kier molecular flexibility index (Phi) is 5.92. The molecule has 6 rings (SSSR count). The van der Waals surface area contributed by atoms with Crippen molar-refractivity contribution in [3.05, 3.63) is 120 Å². The smallest absolute Gasteiger partial charge is 0.149 e. The third-order valence-electron chi connectivity index (χ3n) is 7.26. The van der Waals surface area contributed by atoms with E-state index in [1.54, 1.807) is 0 Å². The first-order valence-corrected chi connectivity index (χ1v) is 13.2. The molecule has 0 aliphatic heterocycles. The van der Waals surface area contributed by atoms with Gasteiger partial charge in [-0.2, -0.15) is 0 Å². The van der Waals surface area contributed by atoms with E-state index in [1.807, 2.05) is 6.26 Å². The molecule has 0 unspecified atom stereocenters. The Labute approximate surface area is 218 Å². The number of aromatic nitrogens is 2. The molecule has 0 aliphatic rings. The molecule has 0 radical (unpaired) electrons. The molecule has 3 heteroatoms. The number of hydrogen-bond acceptors (Lipinski definition) is 2. The van der Waals surface area contributed by atoms with Crippen molar-refractivity contribution < 1.29 is 4.42 Å². The summed E-state index contributed by atoms with van der Waals surface area (Å²) in [5, 5.41) is 1.08. The highest BCUT2D eigenvalue weighted by molar-refractivity contribution is 5.96. The number of hydrogen-bond donors (Lipinski definition) is 0. The van der Waals surface area contributed by atoms with Crippen molar-refractivity contribution in [2.75, 3.05) is 0 Å². The zero-order valence-electron chi connectivity index (χ0n) is 21.9. The predicted molar refractivity (Wildman–Crippen MR) is 154 cm³/mol. The van der Waals surface area contributed by atoms with Gasteiger partial charge in [0.05, 0.1) is 22.3 Å². The van der Waals surface area contributed by atoms with E-state index in [2.05, 4.69) is 123 Å². The topological polar surface area (TPSA) is 31.0 Å². The van der Waals surface area contributed by atoms with Crippen LogP contribution < -0.4 is 0 Å². The second-order valence-corrected chi connectivity index (χ2v) is 10.5. The number of para-hydroxylation sites is 3. The lowest BCUT2D eigenvalue weighted by Crippen LogP contribution is -2.08. The normalized spacial score (nSPS) is 11.8. The van der Waals surface area contributed by atoms with Crippen LogP contribution in [-0.4, -0.2) is 9.55 Å². The summed E-state index contributed by atoms with van der Waals surface area (Å²) in [7, 11) is 0. The molecule has 37 heavy (non-hydrogen) atoms. The molecule has 0 saturated carbocycles. The molecule has 0 saturated heterocycles. The lowest BCUT2D eigenvalue weighted by Gasteiger charge is -2.22. The number of benzene rings is 4. The fraction of sp³-hybridized carbons (Fsp3) is 0.206. The molecule has 0 fully saturated rings. The van der Waals surface area contributed by atoms with Crippen molar-refractivity contribution in [3.63, 3.8) is 0 Å². The Bertz CT molecular complexity index is 1680. The Hall–Kier alpha value is -4.11. The molecule has 0 aliphatic carbocycles. The average Bonchev–Trinajstić information content (AvgIpc) is 3.49. The van der Waals surface area contributed by atoms with Crippen LogP contribution in [0.3, 0.4) is 0 Å². The number of rotatable bonds is 6. The fourth-order valence-corrected chi connectivity index (χ4v) is 5.39. The number of fused-ring (bicyclic) bond motifs is 2. The molecule has 0 amide bonds. The van der Waals surface area contributed by atoms with Gasteiger partial charge in [-0.1, -0.05) is 100 Å². The summed E-state index contributed by atoms with van der Waals surface area (Å²) < 4.78 is 8.53. The predicted octanol–water partition coefficient (Wildman–Crippen LogP) is 9.28. The van der Waals surface area contributed by atoms with E-state index in [4.69, 9.17) is 9.40 Å². The van der Waals surface area contributed by atoms with Gasteiger partial charge in [0.25, 0.3) is 0 Å². The summed E-state index contributed by atoms with van der Waals surface area (Å²) in [6.07, 6.45) is 2.76. The SMILES string of the molecule is CC(C)c1cccc(C(C)C)c1-n1c(-c2coc3cc(Cc4ccccc4)ccc23)nc2ccccc21. The molecule has 2 aromatic heterocycles. The molecule has 6 aromatic rings. The van der Waals surface area contributed by atoms with Gasteiger partial charge in [-0.25, -0.2) is 4.98 Å². The molecule has 4 aromatic carbocycles. The van der Waals surface area contributed by atoms with Crippen LogP contribution in [0.25, 0.3) is 39.1 Å². The van der Waals surface area contributed by atoms with Crippen molar-refractivity contribution in [3.8, 4) is 17.1 Å². The summed E-state index contributed by atoms with van der Waals surface area (Å²) in [5.74, 6) is 1.68. The monoisotopic (exact) mass is 484 g/mol. The van der Waals surface area contributed by atoms with Crippen LogP contribution in [0.4, 0.5) is 0 Å². The Morgan fingerprint density at radius 3 is 2.16 bits per heavy atom. The first kappa shape index (κ1) is 23.3. The molecule has 0 N–H and O–H groups in total. The van der Waals surface area contributed by atoms with Crippen molar-refractivity contribution in [1.82, 2.24) is 9.55 Å². The highest BCUT2D eigenvalue weighted by atomic mass is 16.3. The highest BCUT2D eigenvalue weighted by Crippen LogP contribution is 2.39. The Balaban J connectivity index is 1.57. The lowest BCUT2D eigenvalue weighted by molar-refractivity contribution is 0.616. The summed E-state index contributed by atoms with van der Waals surface area (Å²) in [5.41, 5.74) is 10.4. The highest BCUT2D eigenvalue weighted by Gasteiger charge is 2.23. The second-order valence-electron chi connectivity index (χ2n) is 10.5. The van der Waals surface area contributed by atoms with E-state index in [9.17, 15) is 0 Å². The minimum atomic E-state index is 0.379. The third-order valence-corrected chi connectivity index (χ3v) is 7.26. The largest absolute Gasteiger partial charge is 0.464 e. The molecule has 3 nitrogen and oxygen atoms in total. The van der Waals surface area contributed by atoms with Crippen LogP contribution in [0.15, 0.2) is 102 Å². The van der Waals surface area contributed by atoms with E-state index in [0.717, 1.165) is 39.8 Å². The van der Waals surface area contributed by atoms with Crippen molar-refractivity contribution >= 4 is 22.0 Å².